The predicted molar refractivity (Wildman–Crippen MR) is 98.0 cm³/mol. The molecule has 4 rings (SSSR count). The number of carbonyl (C=O) groups is 1. The smallest absolute Gasteiger partial charge is 0.288 e. The van der Waals surface area contributed by atoms with Crippen molar-refractivity contribution in [2.45, 2.75) is 12.1 Å². The van der Waals surface area contributed by atoms with Gasteiger partial charge in [0.2, 0.25) is 5.82 Å². The number of carbonyl (C=O) groups excluding carboxylic acids is 1. The van der Waals surface area contributed by atoms with Gasteiger partial charge in [0.15, 0.2) is 0 Å². The molecule has 2 atom stereocenters. The van der Waals surface area contributed by atoms with E-state index in [-0.39, 0.29) is 24.6 Å². The van der Waals surface area contributed by atoms with E-state index in [2.05, 4.69) is 25.6 Å². The van der Waals surface area contributed by atoms with E-state index >= 15 is 0 Å². The first-order valence-corrected chi connectivity index (χ1v) is 8.64. The molecule has 144 valence electrons. The molecule has 0 saturated carbocycles. The van der Waals surface area contributed by atoms with E-state index < -0.39 is 18.0 Å². The fourth-order valence-corrected chi connectivity index (χ4v) is 3.07. The molecule has 28 heavy (non-hydrogen) atoms. The Morgan fingerprint density at radius 3 is 3.00 bits per heavy atom. The lowest BCUT2D eigenvalue weighted by Gasteiger charge is -2.20. The van der Waals surface area contributed by atoms with Crippen LogP contribution in [-0.2, 0) is 4.74 Å². The second kappa shape index (κ2) is 7.61. The number of hydrogen-bond acceptors (Lipinski definition) is 7. The van der Waals surface area contributed by atoms with Gasteiger partial charge in [0.25, 0.3) is 11.5 Å². The van der Waals surface area contributed by atoms with Gasteiger partial charge in [-0.25, -0.2) is 9.67 Å². The Morgan fingerprint density at radius 1 is 1.32 bits per heavy atom. The molecule has 0 radical (unpaired) electrons. The largest absolute Gasteiger partial charge is 0.497 e. The maximum absolute atomic E-state index is 12.5. The zero-order chi connectivity index (χ0) is 19.5. The Balaban J connectivity index is 1.62. The zero-order valence-electron chi connectivity index (χ0n) is 15.0. The molecule has 10 heteroatoms. The lowest BCUT2D eigenvalue weighted by atomic mass is 10.1. The van der Waals surface area contributed by atoms with Crippen LogP contribution in [0.15, 0.2) is 47.5 Å². The van der Waals surface area contributed by atoms with Crippen LogP contribution in [0.2, 0.25) is 0 Å². The first-order valence-electron chi connectivity index (χ1n) is 8.64. The van der Waals surface area contributed by atoms with Crippen LogP contribution >= 0.6 is 0 Å². The van der Waals surface area contributed by atoms with Gasteiger partial charge in [-0.1, -0.05) is 12.1 Å². The van der Waals surface area contributed by atoms with Gasteiger partial charge >= 0.3 is 0 Å². The average Bonchev–Trinajstić information content (AvgIpc) is 3.40. The number of methoxy groups -OCH3 is 1. The van der Waals surface area contributed by atoms with Crippen molar-refractivity contribution in [1.82, 2.24) is 30.3 Å². The third kappa shape index (κ3) is 3.49. The number of aromatic nitrogens is 5. The van der Waals surface area contributed by atoms with E-state index in [1.54, 1.807) is 13.2 Å². The Morgan fingerprint density at radius 2 is 2.21 bits per heavy atom. The molecule has 2 N–H and O–H groups in total. The Bertz CT molecular complexity index is 1030. The number of nitrogens with zero attached hydrogens (tertiary/aromatic N) is 4. The van der Waals surface area contributed by atoms with Crippen molar-refractivity contribution in [3.63, 3.8) is 0 Å². The van der Waals surface area contributed by atoms with Gasteiger partial charge in [-0.3, -0.25) is 14.7 Å². The van der Waals surface area contributed by atoms with Crippen molar-refractivity contribution in [3.8, 4) is 17.0 Å². The highest BCUT2D eigenvalue weighted by atomic mass is 16.5. The Hall–Kier alpha value is -3.53. The van der Waals surface area contributed by atoms with E-state index in [1.807, 2.05) is 24.3 Å². The summed E-state index contributed by atoms with van der Waals surface area (Å²) >= 11 is 0. The summed E-state index contributed by atoms with van der Waals surface area (Å²) in [5.74, 6) is 0.365. The molecule has 0 aliphatic carbocycles. The number of nitrogens with one attached hydrogen (secondary N) is 2. The van der Waals surface area contributed by atoms with E-state index in [4.69, 9.17) is 9.47 Å². The van der Waals surface area contributed by atoms with E-state index in [9.17, 15) is 9.59 Å². The van der Waals surface area contributed by atoms with E-state index in [1.165, 1.54) is 17.1 Å². The van der Waals surface area contributed by atoms with Crippen LogP contribution in [-0.4, -0.2) is 57.2 Å². The summed E-state index contributed by atoms with van der Waals surface area (Å²) in [5.41, 5.74) is 1.15. The maximum atomic E-state index is 12.5. The minimum Gasteiger partial charge on any atom is -0.497 e. The van der Waals surface area contributed by atoms with Crippen molar-refractivity contribution >= 4 is 5.91 Å². The molecule has 2 aromatic heterocycles. The first-order chi connectivity index (χ1) is 13.7. The van der Waals surface area contributed by atoms with Crippen LogP contribution in [0.5, 0.6) is 5.75 Å². The number of hydrogen-bond donors (Lipinski definition) is 2. The second-order valence-corrected chi connectivity index (χ2v) is 6.25. The molecule has 0 bridgehead atoms. The molecule has 3 heterocycles. The van der Waals surface area contributed by atoms with Crippen molar-refractivity contribution in [3.05, 3.63) is 58.9 Å². The monoisotopic (exact) mass is 382 g/mol. The molecule has 1 fully saturated rings. The molecule has 1 aromatic carbocycles. The summed E-state index contributed by atoms with van der Waals surface area (Å²) in [6.07, 6.45) is 1.25. The summed E-state index contributed by atoms with van der Waals surface area (Å²) in [5, 5.41) is 13.5. The highest BCUT2D eigenvalue weighted by Crippen LogP contribution is 2.23. The van der Waals surface area contributed by atoms with Gasteiger partial charge < -0.3 is 14.8 Å². The van der Waals surface area contributed by atoms with Gasteiger partial charge in [-0.05, 0) is 18.2 Å². The summed E-state index contributed by atoms with van der Waals surface area (Å²) in [6, 6.07) is 9.65. The van der Waals surface area contributed by atoms with Gasteiger partial charge in [-0.2, -0.15) is 10.2 Å². The van der Waals surface area contributed by atoms with Crippen LogP contribution in [0.3, 0.4) is 0 Å². The average molecular weight is 382 g/mol. The second-order valence-electron chi connectivity index (χ2n) is 6.25. The SMILES string of the molecule is COc1cccc(-c2ccc(=O)n(C3COCC3NC(=O)c3ncn[nH]3)n2)c1. The fraction of sp³-hybridized carbons (Fsp3) is 0.278. The van der Waals surface area contributed by atoms with Crippen LogP contribution in [0.4, 0.5) is 0 Å². The zero-order valence-corrected chi connectivity index (χ0v) is 15.0. The minimum absolute atomic E-state index is 0.0936. The van der Waals surface area contributed by atoms with E-state index in [0.29, 0.717) is 11.4 Å². The molecule has 1 amide bonds. The number of ether oxygens (including phenoxy) is 2. The van der Waals surface area contributed by atoms with Gasteiger partial charge in [0.05, 0.1) is 32.1 Å². The van der Waals surface area contributed by atoms with Crippen LogP contribution < -0.4 is 15.6 Å². The molecular formula is C18H18N6O4. The van der Waals surface area contributed by atoms with Crippen LogP contribution in [0.1, 0.15) is 16.7 Å². The Kier molecular flexibility index (Phi) is 4.85. The molecule has 1 aliphatic heterocycles. The fourth-order valence-electron chi connectivity index (χ4n) is 3.07. The quantitative estimate of drug-likeness (QED) is 0.655. The summed E-state index contributed by atoms with van der Waals surface area (Å²) in [4.78, 5) is 28.5. The number of aromatic amines is 1. The molecule has 3 aromatic rings. The first kappa shape index (κ1) is 17.9. The Labute approximate surface area is 159 Å². The summed E-state index contributed by atoms with van der Waals surface area (Å²) in [7, 11) is 1.59. The van der Waals surface area contributed by atoms with E-state index in [0.717, 1.165) is 5.56 Å². The summed E-state index contributed by atoms with van der Waals surface area (Å²) in [6.45, 7) is 0.526. The highest BCUT2D eigenvalue weighted by molar-refractivity contribution is 5.90. The van der Waals surface area contributed by atoms with Crippen LogP contribution in [0, 0.1) is 0 Å². The van der Waals surface area contributed by atoms with Gasteiger partial charge in [0.1, 0.15) is 18.1 Å². The minimum atomic E-state index is -0.440. The normalized spacial score (nSPS) is 18.8. The number of amides is 1. The predicted octanol–water partition coefficient (Wildman–Crippen LogP) is 0.407. The van der Waals surface area contributed by atoms with Crippen molar-refractivity contribution in [2.75, 3.05) is 20.3 Å². The van der Waals surface area contributed by atoms with Crippen molar-refractivity contribution in [1.29, 1.82) is 0 Å². The topological polar surface area (TPSA) is 124 Å². The number of benzene rings is 1. The molecule has 1 aliphatic rings. The van der Waals surface area contributed by atoms with Crippen molar-refractivity contribution in [2.24, 2.45) is 0 Å². The summed E-state index contributed by atoms with van der Waals surface area (Å²) < 4.78 is 12.1. The third-order valence-electron chi connectivity index (χ3n) is 4.50. The highest BCUT2D eigenvalue weighted by Gasteiger charge is 2.33. The molecule has 10 nitrogen and oxygen atoms in total. The number of rotatable bonds is 5. The van der Waals surface area contributed by atoms with Crippen LogP contribution in [0.25, 0.3) is 11.3 Å². The number of H-pyrrole nitrogens is 1. The van der Waals surface area contributed by atoms with Crippen molar-refractivity contribution < 1.29 is 14.3 Å². The molecule has 1 saturated heterocycles. The molecular weight excluding hydrogens is 364 g/mol. The molecule has 0 spiro atoms. The lowest BCUT2D eigenvalue weighted by Crippen LogP contribution is -2.44. The van der Waals surface area contributed by atoms with Gasteiger partial charge in [-0.15, -0.1) is 0 Å². The lowest BCUT2D eigenvalue weighted by molar-refractivity contribution is 0.0914. The third-order valence-corrected chi connectivity index (χ3v) is 4.50. The van der Waals surface area contributed by atoms with Gasteiger partial charge in [0, 0.05) is 11.6 Å². The standard InChI is InChI=1S/C18H18N6O4/c1-27-12-4-2-3-11(7-12)13-5-6-16(25)24(23-13)15-9-28-8-14(15)21-18(26)17-19-10-20-22-17/h2-7,10,14-15H,8-9H2,1H3,(H,21,26)(H,19,20,22). The molecule has 2 unspecified atom stereocenters. The maximum Gasteiger partial charge on any atom is 0.288 e.